The van der Waals surface area contributed by atoms with Crippen LogP contribution in [0, 0.1) is 5.92 Å². The first kappa shape index (κ1) is 27.7. The van der Waals surface area contributed by atoms with Gasteiger partial charge >= 0.3 is 0 Å². The highest BCUT2D eigenvalue weighted by Gasteiger charge is 2.33. The Bertz CT molecular complexity index is 1340. The van der Waals surface area contributed by atoms with Gasteiger partial charge in [-0.3, -0.25) is 14.3 Å². The third-order valence-corrected chi connectivity index (χ3v) is 8.71. The Labute approximate surface area is 236 Å². The summed E-state index contributed by atoms with van der Waals surface area (Å²) in [6, 6.07) is 14.7. The lowest BCUT2D eigenvalue weighted by atomic mass is 9.81. The summed E-state index contributed by atoms with van der Waals surface area (Å²) in [7, 11) is 7.84. The van der Waals surface area contributed by atoms with E-state index in [0.29, 0.717) is 31.0 Å². The number of likely N-dealkylation sites (N-methyl/N-ethyl adjacent to an activating group) is 1. The number of nitrogens with one attached hydrogen (secondary N) is 2. The highest BCUT2D eigenvalue weighted by atomic mass is 32.2. The number of nitrogens with zero attached hydrogens (tertiary/aromatic N) is 3. The molecule has 1 saturated carbocycles. The molecule has 2 N–H and O–H groups in total. The number of amides is 2. The van der Waals surface area contributed by atoms with E-state index in [1.807, 2.05) is 44.6 Å². The van der Waals surface area contributed by atoms with E-state index in [4.69, 9.17) is 0 Å². The summed E-state index contributed by atoms with van der Waals surface area (Å²) in [6.07, 6.45) is 6.87. The molecule has 208 valence electrons. The number of fused-ring (bicyclic) bond motifs is 5. The summed E-state index contributed by atoms with van der Waals surface area (Å²) in [5, 5.41) is 4.40. The minimum Gasteiger partial charge on any atom is -0.355 e. The Morgan fingerprint density at radius 3 is 2.54 bits per heavy atom. The zero-order valence-electron chi connectivity index (χ0n) is 23.6. The molecule has 0 spiro atoms. The van der Waals surface area contributed by atoms with Gasteiger partial charge in [0.15, 0.2) is 0 Å². The molecule has 1 aromatic heterocycles. The lowest BCUT2D eigenvalue weighted by Crippen LogP contribution is -2.37. The molecule has 3 aromatic rings. The van der Waals surface area contributed by atoms with E-state index < -0.39 is 0 Å². The molecule has 1 atom stereocenters. The molecule has 2 aliphatic rings. The minimum absolute atomic E-state index is 0.0943. The highest BCUT2D eigenvalue weighted by Crippen LogP contribution is 2.46. The van der Waals surface area contributed by atoms with Gasteiger partial charge in [0.1, 0.15) is 0 Å². The van der Waals surface area contributed by atoms with E-state index >= 15 is 0 Å². The second-order valence-corrected chi connectivity index (χ2v) is 12.5. The molecular formula is C31H41N5O2S. The van der Waals surface area contributed by atoms with Crippen molar-refractivity contribution in [2.75, 3.05) is 41.3 Å². The lowest BCUT2D eigenvalue weighted by molar-refractivity contribution is -0.125. The Hall–Kier alpha value is -2.81. The van der Waals surface area contributed by atoms with Crippen LogP contribution in [0.1, 0.15) is 59.5 Å². The second kappa shape index (κ2) is 12.1. The normalized spacial score (nSPS) is 17.6. The van der Waals surface area contributed by atoms with Crippen molar-refractivity contribution >= 4 is 34.9 Å². The molecule has 5 rings (SSSR count). The fourth-order valence-corrected chi connectivity index (χ4v) is 6.58. The third kappa shape index (κ3) is 6.03. The van der Waals surface area contributed by atoms with Crippen LogP contribution in [0.15, 0.2) is 42.5 Å². The minimum atomic E-state index is -0.189. The molecule has 1 unspecified atom stereocenters. The molecule has 39 heavy (non-hydrogen) atoms. The van der Waals surface area contributed by atoms with Crippen LogP contribution in [-0.2, 0) is 17.8 Å². The molecule has 8 heteroatoms. The fraction of sp³-hybridized carbons (Fsp3) is 0.484. The quantitative estimate of drug-likeness (QED) is 0.386. The van der Waals surface area contributed by atoms with Crippen molar-refractivity contribution in [2.45, 2.75) is 51.0 Å². The van der Waals surface area contributed by atoms with Crippen LogP contribution in [0.4, 0.5) is 0 Å². The number of benzene rings is 2. The SMILES string of the molecule is CN(C)CCNC(=O)C1Cc2ccccc2-c2c(C3CCCCC3)c3ccc(C(=O)NSN(C)C)cc3n2C1. The number of hydrogen-bond acceptors (Lipinski definition) is 5. The molecule has 1 aliphatic carbocycles. The van der Waals surface area contributed by atoms with E-state index in [-0.39, 0.29) is 17.7 Å². The number of carbonyl (C=O) groups excluding carboxylic acids is 2. The van der Waals surface area contributed by atoms with Gasteiger partial charge in [0.25, 0.3) is 5.91 Å². The van der Waals surface area contributed by atoms with Crippen LogP contribution in [0.3, 0.4) is 0 Å². The van der Waals surface area contributed by atoms with Crippen molar-refractivity contribution in [1.82, 2.24) is 23.8 Å². The third-order valence-electron chi connectivity index (χ3n) is 8.07. The maximum absolute atomic E-state index is 13.5. The van der Waals surface area contributed by atoms with Gasteiger partial charge in [0.05, 0.1) is 11.6 Å². The van der Waals surface area contributed by atoms with Gasteiger partial charge in [-0.25, -0.2) is 4.31 Å². The van der Waals surface area contributed by atoms with Gasteiger partial charge in [-0.1, -0.05) is 49.6 Å². The Balaban J connectivity index is 1.64. The van der Waals surface area contributed by atoms with Crippen LogP contribution in [0.25, 0.3) is 22.2 Å². The Kier molecular flexibility index (Phi) is 8.64. The van der Waals surface area contributed by atoms with Gasteiger partial charge in [0, 0.05) is 53.8 Å². The Morgan fingerprint density at radius 1 is 1.03 bits per heavy atom. The number of carbonyl (C=O) groups is 2. The molecule has 2 amide bonds. The van der Waals surface area contributed by atoms with Crippen molar-refractivity contribution in [3.05, 3.63) is 59.2 Å². The van der Waals surface area contributed by atoms with Gasteiger partial charge in [-0.15, -0.1) is 0 Å². The Morgan fingerprint density at radius 2 is 1.79 bits per heavy atom. The van der Waals surface area contributed by atoms with Gasteiger partial charge in [0.2, 0.25) is 5.91 Å². The molecule has 2 heterocycles. The van der Waals surface area contributed by atoms with Crippen molar-refractivity contribution in [3.8, 4) is 11.3 Å². The van der Waals surface area contributed by atoms with Gasteiger partial charge in [-0.05, 0) is 76.6 Å². The van der Waals surface area contributed by atoms with Crippen LogP contribution in [-0.4, -0.2) is 66.9 Å². The fourth-order valence-electron chi connectivity index (χ4n) is 6.20. The monoisotopic (exact) mass is 547 g/mol. The summed E-state index contributed by atoms with van der Waals surface area (Å²) in [4.78, 5) is 28.6. The predicted molar refractivity (Wildman–Crippen MR) is 161 cm³/mol. The molecule has 1 aliphatic heterocycles. The summed E-state index contributed by atoms with van der Waals surface area (Å²) in [5.41, 5.74) is 6.79. The molecule has 0 radical (unpaired) electrons. The van der Waals surface area contributed by atoms with Crippen molar-refractivity contribution < 1.29 is 9.59 Å². The topological polar surface area (TPSA) is 69.6 Å². The van der Waals surface area contributed by atoms with E-state index in [0.717, 1.165) is 12.1 Å². The summed E-state index contributed by atoms with van der Waals surface area (Å²) >= 11 is 1.27. The number of rotatable bonds is 8. The number of aromatic nitrogens is 1. The smallest absolute Gasteiger partial charge is 0.262 e. The van der Waals surface area contributed by atoms with Gasteiger partial charge in [-0.2, -0.15) is 0 Å². The van der Waals surface area contributed by atoms with Crippen LogP contribution >= 0.6 is 12.1 Å². The predicted octanol–water partition coefficient (Wildman–Crippen LogP) is 5.06. The first-order valence-corrected chi connectivity index (χ1v) is 14.9. The molecule has 1 fully saturated rings. The molecule has 0 bridgehead atoms. The summed E-state index contributed by atoms with van der Waals surface area (Å²) < 4.78 is 7.14. The average Bonchev–Trinajstić information content (AvgIpc) is 3.14. The number of hydrogen-bond donors (Lipinski definition) is 2. The van der Waals surface area contributed by atoms with E-state index in [9.17, 15) is 9.59 Å². The molecule has 0 saturated heterocycles. The second-order valence-electron chi connectivity index (χ2n) is 11.4. The largest absolute Gasteiger partial charge is 0.355 e. The average molecular weight is 548 g/mol. The highest BCUT2D eigenvalue weighted by molar-refractivity contribution is 7.95. The van der Waals surface area contributed by atoms with Crippen LogP contribution in [0.5, 0.6) is 0 Å². The van der Waals surface area contributed by atoms with Crippen molar-refractivity contribution in [1.29, 1.82) is 0 Å². The van der Waals surface area contributed by atoms with E-state index in [1.54, 1.807) is 0 Å². The van der Waals surface area contributed by atoms with E-state index in [2.05, 4.69) is 49.8 Å². The lowest BCUT2D eigenvalue weighted by Gasteiger charge is -2.24. The molecule has 7 nitrogen and oxygen atoms in total. The first-order chi connectivity index (χ1) is 18.8. The molecule has 2 aromatic carbocycles. The van der Waals surface area contributed by atoms with E-state index in [1.165, 1.54) is 72.0 Å². The zero-order valence-corrected chi connectivity index (χ0v) is 24.4. The summed E-state index contributed by atoms with van der Waals surface area (Å²) in [6.45, 7) is 2.03. The maximum Gasteiger partial charge on any atom is 0.262 e. The van der Waals surface area contributed by atoms with Crippen molar-refractivity contribution in [3.63, 3.8) is 0 Å². The zero-order chi connectivity index (χ0) is 27.5. The standard InChI is InChI=1S/C31H41N5O2S/c1-34(2)17-16-32-30(37)24-18-22-12-8-9-13-25(22)29-28(21-10-6-5-7-11-21)26-15-14-23(19-27(26)36(29)20-24)31(38)33-39-35(3)4/h8-9,12-15,19,21,24H,5-7,10-11,16-18,20H2,1-4H3,(H,32,37)(H,33,38). The van der Waals surface area contributed by atoms with Crippen LogP contribution in [0.2, 0.25) is 0 Å². The maximum atomic E-state index is 13.5. The van der Waals surface area contributed by atoms with Gasteiger partial charge < -0.3 is 14.8 Å². The first-order valence-electron chi connectivity index (χ1n) is 14.1. The summed E-state index contributed by atoms with van der Waals surface area (Å²) in [5.74, 6) is 0.278. The molecular weight excluding hydrogens is 506 g/mol. The van der Waals surface area contributed by atoms with Crippen LogP contribution < -0.4 is 10.0 Å². The van der Waals surface area contributed by atoms with Crippen molar-refractivity contribution in [2.24, 2.45) is 5.92 Å².